The van der Waals surface area contributed by atoms with Crippen LogP contribution in [-0.2, 0) is 18.4 Å². The fourth-order valence-corrected chi connectivity index (χ4v) is 2.65. The van der Waals surface area contributed by atoms with Gasteiger partial charge in [0.15, 0.2) is 0 Å². The number of aromatic nitrogens is 1. The first-order valence-electron chi connectivity index (χ1n) is 6.74. The minimum Gasteiger partial charge on any atom is -0.380 e. The van der Waals surface area contributed by atoms with Gasteiger partial charge in [-0.1, -0.05) is 19.1 Å². The molecule has 4 heteroatoms. The fraction of sp³-hybridized carbons (Fsp3) is 0.375. The summed E-state index contributed by atoms with van der Waals surface area (Å²) in [6.45, 7) is 6.77. The third-order valence-electron chi connectivity index (χ3n) is 3.26. The van der Waals surface area contributed by atoms with Crippen molar-refractivity contribution in [1.82, 2.24) is 4.98 Å². The Hall–Kier alpha value is -1.86. The smallest absolute Gasteiger partial charge is 0.0925 e. The van der Waals surface area contributed by atoms with Crippen LogP contribution in [-0.4, -0.2) is 4.98 Å². The number of aryl methyl sites for hydroxylation is 1. The first-order valence-corrected chi connectivity index (χ1v) is 7.56. The lowest BCUT2D eigenvalue weighted by molar-refractivity contribution is 0.687. The Morgan fingerprint density at radius 3 is 2.55 bits per heavy atom. The molecule has 0 aliphatic carbocycles. The molecular weight excluding hydrogens is 266 g/mol. The molecule has 2 rings (SSSR count). The lowest BCUT2D eigenvalue weighted by Crippen LogP contribution is -2.13. The SMILES string of the molecule is CCc1ncc(CNc2ccc(C(C)(C)C#N)cc2)s1. The summed E-state index contributed by atoms with van der Waals surface area (Å²) < 4.78 is 0. The van der Waals surface area contributed by atoms with Crippen LogP contribution in [0.5, 0.6) is 0 Å². The number of hydrogen-bond donors (Lipinski definition) is 1. The van der Waals surface area contributed by atoms with Crippen LogP contribution in [0.4, 0.5) is 5.69 Å². The van der Waals surface area contributed by atoms with E-state index in [1.807, 2.05) is 44.3 Å². The Bertz CT molecular complexity index is 605. The van der Waals surface area contributed by atoms with Gasteiger partial charge in [-0.25, -0.2) is 4.98 Å². The number of anilines is 1. The minimum atomic E-state index is -0.438. The van der Waals surface area contributed by atoms with Crippen molar-refractivity contribution in [2.24, 2.45) is 0 Å². The zero-order valence-electron chi connectivity index (χ0n) is 12.1. The van der Waals surface area contributed by atoms with E-state index in [9.17, 15) is 0 Å². The highest BCUT2D eigenvalue weighted by Gasteiger charge is 2.18. The molecule has 0 spiro atoms. The van der Waals surface area contributed by atoms with Crippen molar-refractivity contribution < 1.29 is 0 Å². The molecule has 0 fully saturated rings. The maximum absolute atomic E-state index is 9.12. The highest BCUT2D eigenvalue weighted by Crippen LogP contribution is 2.24. The average Bonchev–Trinajstić information content (AvgIpc) is 2.93. The lowest BCUT2D eigenvalue weighted by atomic mass is 9.86. The van der Waals surface area contributed by atoms with Gasteiger partial charge in [0.05, 0.1) is 23.0 Å². The molecule has 0 atom stereocenters. The van der Waals surface area contributed by atoms with Gasteiger partial charge < -0.3 is 5.32 Å². The first kappa shape index (κ1) is 14.5. The molecule has 0 unspecified atom stereocenters. The van der Waals surface area contributed by atoms with Crippen molar-refractivity contribution >= 4 is 17.0 Å². The molecule has 0 saturated carbocycles. The third kappa shape index (κ3) is 3.37. The normalized spacial score (nSPS) is 11.1. The van der Waals surface area contributed by atoms with E-state index < -0.39 is 5.41 Å². The first-order chi connectivity index (χ1) is 9.55. The van der Waals surface area contributed by atoms with Crippen LogP contribution in [0.1, 0.15) is 36.2 Å². The van der Waals surface area contributed by atoms with Gasteiger partial charge in [-0.15, -0.1) is 11.3 Å². The van der Waals surface area contributed by atoms with Crippen molar-refractivity contribution in [3.8, 4) is 6.07 Å². The minimum absolute atomic E-state index is 0.438. The van der Waals surface area contributed by atoms with Crippen LogP contribution in [0, 0.1) is 11.3 Å². The molecule has 1 aromatic carbocycles. The second-order valence-corrected chi connectivity index (χ2v) is 6.44. The number of nitrogens with one attached hydrogen (secondary N) is 1. The fourth-order valence-electron chi connectivity index (χ4n) is 1.85. The summed E-state index contributed by atoms with van der Waals surface area (Å²) in [4.78, 5) is 5.59. The van der Waals surface area contributed by atoms with E-state index in [-0.39, 0.29) is 0 Å². The molecule has 20 heavy (non-hydrogen) atoms. The van der Waals surface area contributed by atoms with Crippen molar-refractivity contribution in [3.63, 3.8) is 0 Å². The van der Waals surface area contributed by atoms with Gasteiger partial charge in [0.25, 0.3) is 0 Å². The predicted octanol–water partition coefficient (Wildman–Crippen LogP) is 4.12. The van der Waals surface area contributed by atoms with Crippen LogP contribution in [0.15, 0.2) is 30.5 Å². The highest BCUT2D eigenvalue weighted by molar-refractivity contribution is 7.11. The Kier molecular flexibility index (Phi) is 4.41. The Morgan fingerprint density at radius 2 is 2.00 bits per heavy atom. The summed E-state index contributed by atoms with van der Waals surface area (Å²) in [6, 6.07) is 10.4. The monoisotopic (exact) mass is 285 g/mol. The van der Waals surface area contributed by atoms with E-state index in [1.165, 1.54) is 9.88 Å². The number of nitriles is 1. The zero-order chi connectivity index (χ0) is 14.6. The van der Waals surface area contributed by atoms with Gasteiger partial charge in [0.2, 0.25) is 0 Å². The maximum Gasteiger partial charge on any atom is 0.0925 e. The topological polar surface area (TPSA) is 48.7 Å². The molecule has 3 nitrogen and oxygen atoms in total. The standard InChI is InChI=1S/C16H19N3S/c1-4-15-19-10-14(20-15)9-18-13-7-5-12(6-8-13)16(2,3)11-17/h5-8,10,18H,4,9H2,1-3H3. The molecule has 0 aliphatic rings. The molecule has 0 saturated heterocycles. The van der Waals surface area contributed by atoms with E-state index in [1.54, 1.807) is 11.3 Å². The van der Waals surface area contributed by atoms with Crippen molar-refractivity contribution in [2.45, 2.75) is 39.2 Å². The van der Waals surface area contributed by atoms with Crippen LogP contribution < -0.4 is 5.32 Å². The van der Waals surface area contributed by atoms with E-state index in [0.717, 1.165) is 24.2 Å². The predicted molar refractivity (Wildman–Crippen MR) is 83.9 cm³/mol. The highest BCUT2D eigenvalue weighted by atomic mass is 32.1. The number of rotatable bonds is 5. The van der Waals surface area contributed by atoms with Crippen LogP contribution in [0.25, 0.3) is 0 Å². The summed E-state index contributed by atoms with van der Waals surface area (Å²) in [6.07, 6.45) is 2.92. The number of nitrogens with zero attached hydrogens (tertiary/aromatic N) is 2. The van der Waals surface area contributed by atoms with Crippen molar-refractivity contribution in [3.05, 3.63) is 45.9 Å². The zero-order valence-corrected chi connectivity index (χ0v) is 12.9. The third-order valence-corrected chi connectivity index (χ3v) is 4.40. The summed E-state index contributed by atoms with van der Waals surface area (Å²) >= 11 is 1.75. The number of benzene rings is 1. The molecule has 0 amide bonds. The molecule has 0 aliphatic heterocycles. The molecule has 1 N–H and O–H groups in total. The summed E-state index contributed by atoms with van der Waals surface area (Å²) in [5.74, 6) is 0. The summed E-state index contributed by atoms with van der Waals surface area (Å²) in [7, 11) is 0. The van der Waals surface area contributed by atoms with E-state index in [4.69, 9.17) is 5.26 Å². The number of hydrogen-bond acceptors (Lipinski definition) is 4. The van der Waals surface area contributed by atoms with E-state index in [0.29, 0.717) is 0 Å². The summed E-state index contributed by atoms with van der Waals surface area (Å²) in [5, 5.41) is 13.7. The van der Waals surface area contributed by atoms with E-state index in [2.05, 4.69) is 23.3 Å². The molecule has 104 valence electrons. The molecule has 2 aromatic rings. The van der Waals surface area contributed by atoms with Gasteiger partial charge in [-0.05, 0) is 38.0 Å². The van der Waals surface area contributed by atoms with Gasteiger partial charge in [-0.3, -0.25) is 0 Å². The largest absolute Gasteiger partial charge is 0.380 e. The number of thiazole rings is 1. The maximum atomic E-state index is 9.12. The van der Waals surface area contributed by atoms with E-state index >= 15 is 0 Å². The van der Waals surface area contributed by atoms with Crippen molar-refractivity contribution in [2.75, 3.05) is 5.32 Å². The second-order valence-electron chi connectivity index (χ2n) is 5.24. The second kappa shape index (κ2) is 6.06. The van der Waals surface area contributed by atoms with Gasteiger partial charge >= 0.3 is 0 Å². The average molecular weight is 285 g/mol. The van der Waals surface area contributed by atoms with Crippen LogP contribution >= 0.6 is 11.3 Å². The Labute approximate surface area is 124 Å². The van der Waals surface area contributed by atoms with Gasteiger partial charge in [-0.2, -0.15) is 5.26 Å². The molecule has 1 heterocycles. The summed E-state index contributed by atoms with van der Waals surface area (Å²) in [5.41, 5.74) is 1.66. The van der Waals surface area contributed by atoms with Crippen LogP contribution in [0.3, 0.4) is 0 Å². The van der Waals surface area contributed by atoms with Crippen molar-refractivity contribution in [1.29, 1.82) is 5.26 Å². The molecule has 0 radical (unpaired) electrons. The molecule has 0 bridgehead atoms. The van der Waals surface area contributed by atoms with Crippen LogP contribution in [0.2, 0.25) is 0 Å². The molecular formula is C16H19N3S. The quantitative estimate of drug-likeness (QED) is 0.899. The Balaban J connectivity index is 1.99. The molecule has 1 aromatic heterocycles. The lowest BCUT2D eigenvalue weighted by Gasteiger charge is -2.16. The Morgan fingerprint density at radius 1 is 1.30 bits per heavy atom. The van der Waals surface area contributed by atoms with Gasteiger partial charge in [0.1, 0.15) is 0 Å². The van der Waals surface area contributed by atoms with Gasteiger partial charge in [0, 0.05) is 16.8 Å².